The Morgan fingerprint density at radius 3 is 2.55 bits per heavy atom. The summed E-state index contributed by atoms with van der Waals surface area (Å²) in [4.78, 5) is 4.95. The lowest BCUT2D eigenvalue weighted by Crippen LogP contribution is -2.48. The van der Waals surface area contributed by atoms with Gasteiger partial charge in [0.15, 0.2) is 0 Å². The van der Waals surface area contributed by atoms with Gasteiger partial charge in [-0.1, -0.05) is 25.0 Å². The van der Waals surface area contributed by atoms with Gasteiger partial charge in [0.05, 0.1) is 11.4 Å². The van der Waals surface area contributed by atoms with E-state index in [1.54, 1.807) is 0 Å². The van der Waals surface area contributed by atoms with Crippen LogP contribution in [-0.4, -0.2) is 39.8 Å². The molecule has 0 amide bonds. The third-order valence-corrected chi connectivity index (χ3v) is 5.10. The van der Waals surface area contributed by atoms with Crippen molar-refractivity contribution in [2.24, 2.45) is 5.92 Å². The number of benzene rings is 1. The summed E-state index contributed by atoms with van der Waals surface area (Å²) < 4.78 is 0. The van der Waals surface area contributed by atoms with E-state index in [-0.39, 0.29) is 0 Å². The standard InChI is InChI=1S/C17H27N3/c1-18-15(14-7-3-4-8-14)13-20-12-11-19(2)16-9-5-6-10-17(16)20/h5-6,9-10,14-15,18H,3-4,7-8,11-13H2,1-2H3. The largest absolute Gasteiger partial charge is 0.371 e. The highest BCUT2D eigenvalue weighted by molar-refractivity contribution is 5.73. The average Bonchev–Trinajstić information content (AvgIpc) is 3.01. The molecule has 1 aliphatic carbocycles. The highest BCUT2D eigenvalue weighted by Crippen LogP contribution is 2.34. The Morgan fingerprint density at radius 2 is 1.85 bits per heavy atom. The first-order valence-electron chi connectivity index (χ1n) is 8.02. The second-order valence-electron chi connectivity index (χ2n) is 6.30. The molecule has 1 fully saturated rings. The van der Waals surface area contributed by atoms with Gasteiger partial charge >= 0.3 is 0 Å². The van der Waals surface area contributed by atoms with E-state index >= 15 is 0 Å². The van der Waals surface area contributed by atoms with Gasteiger partial charge in [-0.25, -0.2) is 0 Å². The first kappa shape index (κ1) is 13.7. The first-order chi connectivity index (χ1) is 9.79. The molecule has 1 saturated carbocycles. The second kappa shape index (κ2) is 6.04. The molecule has 1 aromatic carbocycles. The second-order valence-corrected chi connectivity index (χ2v) is 6.30. The lowest BCUT2D eigenvalue weighted by atomic mass is 9.97. The average molecular weight is 273 g/mol. The maximum Gasteiger partial charge on any atom is 0.0605 e. The van der Waals surface area contributed by atoms with Gasteiger partial charge in [0, 0.05) is 32.7 Å². The predicted molar refractivity (Wildman–Crippen MR) is 86.7 cm³/mol. The fourth-order valence-corrected chi connectivity index (χ4v) is 3.83. The topological polar surface area (TPSA) is 18.5 Å². The van der Waals surface area contributed by atoms with Crippen LogP contribution in [0.25, 0.3) is 0 Å². The summed E-state index contributed by atoms with van der Waals surface area (Å²) in [6.45, 7) is 3.41. The van der Waals surface area contributed by atoms with E-state index in [2.05, 4.69) is 53.5 Å². The van der Waals surface area contributed by atoms with Crippen molar-refractivity contribution in [1.82, 2.24) is 5.32 Å². The molecule has 0 radical (unpaired) electrons. The summed E-state index contributed by atoms with van der Waals surface area (Å²) in [7, 11) is 4.33. The van der Waals surface area contributed by atoms with Gasteiger partial charge in [0.1, 0.15) is 0 Å². The van der Waals surface area contributed by atoms with E-state index in [4.69, 9.17) is 0 Å². The van der Waals surface area contributed by atoms with Crippen LogP contribution in [0.3, 0.4) is 0 Å². The molecule has 0 spiro atoms. The van der Waals surface area contributed by atoms with E-state index in [0.717, 1.165) is 25.6 Å². The maximum absolute atomic E-state index is 3.58. The van der Waals surface area contributed by atoms with Crippen molar-refractivity contribution < 1.29 is 0 Å². The summed E-state index contributed by atoms with van der Waals surface area (Å²) in [6, 6.07) is 9.45. The number of nitrogens with zero attached hydrogens (tertiary/aromatic N) is 2. The summed E-state index contributed by atoms with van der Waals surface area (Å²) in [5, 5.41) is 3.58. The van der Waals surface area contributed by atoms with Gasteiger partial charge < -0.3 is 15.1 Å². The molecule has 0 aromatic heterocycles. The van der Waals surface area contributed by atoms with Crippen LogP contribution < -0.4 is 15.1 Å². The third kappa shape index (κ3) is 2.64. The van der Waals surface area contributed by atoms with E-state index in [1.165, 1.54) is 37.1 Å². The number of hydrogen-bond acceptors (Lipinski definition) is 3. The van der Waals surface area contributed by atoms with E-state index in [1.807, 2.05) is 0 Å². The molecule has 1 atom stereocenters. The van der Waals surface area contributed by atoms with E-state index < -0.39 is 0 Å². The minimum absolute atomic E-state index is 0.633. The zero-order valence-electron chi connectivity index (χ0n) is 12.8. The molecule has 2 aliphatic rings. The molecule has 3 nitrogen and oxygen atoms in total. The molecule has 3 heteroatoms. The van der Waals surface area contributed by atoms with Crippen LogP contribution in [0.2, 0.25) is 0 Å². The van der Waals surface area contributed by atoms with Gasteiger partial charge in [-0.2, -0.15) is 0 Å². The van der Waals surface area contributed by atoms with Gasteiger partial charge in [-0.15, -0.1) is 0 Å². The normalized spacial score (nSPS) is 21.1. The van der Waals surface area contributed by atoms with Gasteiger partial charge in [0.25, 0.3) is 0 Å². The van der Waals surface area contributed by atoms with Crippen LogP contribution in [0.4, 0.5) is 11.4 Å². The SMILES string of the molecule is CNC(CN1CCN(C)c2ccccc21)C1CCCC1. The van der Waals surface area contributed by atoms with Crippen LogP contribution >= 0.6 is 0 Å². The van der Waals surface area contributed by atoms with Crippen molar-refractivity contribution in [2.45, 2.75) is 31.7 Å². The van der Waals surface area contributed by atoms with Crippen molar-refractivity contribution in [3.05, 3.63) is 24.3 Å². The quantitative estimate of drug-likeness (QED) is 0.910. The molecular weight excluding hydrogens is 246 g/mol. The number of likely N-dealkylation sites (N-methyl/N-ethyl adjacent to an activating group) is 2. The molecule has 1 unspecified atom stereocenters. The number of anilines is 2. The molecule has 1 aliphatic heterocycles. The minimum atomic E-state index is 0.633. The van der Waals surface area contributed by atoms with Crippen LogP contribution in [0.15, 0.2) is 24.3 Å². The fraction of sp³-hybridized carbons (Fsp3) is 0.647. The zero-order chi connectivity index (χ0) is 13.9. The third-order valence-electron chi connectivity index (χ3n) is 5.10. The Bertz CT molecular complexity index is 440. The number of rotatable bonds is 4. The molecule has 1 aromatic rings. The molecule has 20 heavy (non-hydrogen) atoms. The van der Waals surface area contributed by atoms with Crippen molar-refractivity contribution >= 4 is 11.4 Å². The monoisotopic (exact) mass is 273 g/mol. The summed E-state index contributed by atoms with van der Waals surface area (Å²) >= 11 is 0. The molecule has 3 rings (SSSR count). The van der Waals surface area contributed by atoms with Crippen molar-refractivity contribution in [3.63, 3.8) is 0 Å². The van der Waals surface area contributed by atoms with Gasteiger partial charge in [0.2, 0.25) is 0 Å². The highest BCUT2D eigenvalue weighted by Gasteiger charge is 2.28. The Balaban J connectivity index is 1.75. The van der Waals surface area contributed by atoms with Crippen molar-refractivity contribution in [2.75, 3.05) is 43.5 Å². The maximum atomic E-state index is 3.58. The first-order valence-corrected chi connectivity index (χ1v) is 8.02. The van der Waals surface area contributed by atoms with Crippen molar-refractivity contribution in [3.8, 4) is 0 Å². The van der Waals surface area contributed by atoms with E-state index in [0.29, 0.717) is 6.04 Å². The Kier molecular flexibility index (Phi) is 4.16. The Morgan fingerprint density at radius 1 is 1.15 bits per heavy atom. The smallest absolute Gasteiger partial charge is 0.0605 e. The minimum Gasteiger partial charge on any atom is -0.371 e. The zero-order valence-corrected chi connectivity index (χ0v) is 12.8. The molecule has 1 heterocycles. The lowest BCUT2D eigenvalue weighted by Gasteiger charge is -2.39. The molecule has 110 valence electrons. The highest BCUT2D eigenvalue weighted by atomic mass is 15.3. The van der Waals surface area contributed by atoms with Crippen LogP contribution in [0.5, 0.6) is 0 Å². The Hall–Kier alpha value is -1.22. The summed E-state index contributed by atoms with van der Waals surface area (Å²) in [6.07, 6.45) is 5.64. The number of para-hydroxylation sites is 2. The summed E-state index contributed by atoms with van der Waals surface area (Å²) in [5.74, 6) is 0.867. The van der Waals surface area contributed by atoms with E-state index in [9.17, 15) is 0 Å². The fourth-order valence-electron chi connectivity index (χ4n) is 3.83. The number of fused-ring (bicyclic) bond motifs is 1. The molecular formula is C17H27N3. The van der Waals surface area contributed by atoms with Crippen LogP contribution in [0, 0.1) is 5.92 Å². The van der Waals surface area contributed by atoms with Gasteiger partial charge in [-0.3, -0.25) is 0 Å². The summed E-state index contributed by atoms with van der Waals surface area (Å²) in [5.41, 5.74) is 2.78. The lowest BCUT2D eigenvalue weighted by molar-refractivity contribution is 0.377. The predicted octanol–water partition coefficient (Wildman–Crippen LogP) is 2.72. The number of nitrogens with one attached hydrogen (secondary N) is 1. The molecule has 0 saturated heterocycles. The number of hydrogen-bond donors (Lipinski definition) is 1. The molecule has 0 bridgehead atoms. The van der Waals surface area contributed by atoms with Crippen molar-refractivity contribution in [1.29, 1.82) is 0 Å². The van der Waals surface area contributed by atoms with Crippen LogP contribution in [0.1, 0.15) is 25.7 Å². The van der Waals surface area contributed by atoms with Gasteiger partial charge in [-0.05, 0) is 37.9 Å². The van der Waals surface area contributed by atoms with Crippen LogP contribution in [-0.2, 0) is 0 Å². The molecule has 1 N–H and O–H groups in total. The Labute approximate surface area is 123 Å².